The van der Waals surface area contributed by atoms with Gasteiger partial charge in [0.1, 0.15) is 11.5 Å². The fourth-order valence-electron chi connectivity index (χ4n) is 0.601. The predicted octanol–water partition coefficient (Wildman–Crippen LogP) is 2.39. The molecule has 0 bridgehead atoms. The summed E-state index contributed by atoms with van der Waals surface area (Å²) in [5, 5.41) is 4.52. The normalized spacial score (nSPS) is 9.80. The molecule has 0 aliphatic heterocycles. The van der Waals surface area contributed by atoms with Crippen LogP contribution in [0, 0.1) is 6.92 Å². The largest absolute Gasteiger partial charge is 0.361 e. The monoisotopic (exact) mass is 201 g/mol. The molecule has 0 saturated carbocycles. The van der Waals surface area contributed by atoms with Crippen molar-refractivity contribution in [3.63, 3.8) is 0 Å². The van der Waals surface area contributed by atoms with E-state index in [1.165, 1.54) is 0 Å². The number of allylic oxidation sites excluding steroid dienone is 1. The number of aryl methyl sites for hydroxylation is 1. The lowest BCUT2D eigenvalue weighted by Gasteiger charge is -1.89. The Balaban J connectivity index is 2.85. The molecule has 0 aliphatic carbocycles. The van der Waals surface area contributed by atoms with Crippen LogP contribution in [0.25, 0.3) is 5.57 Å². The van der Waals surface area contributed by atoms with Gasteiger partial charge in [-0.25, -0.2) is 0 Å². The summed E-state index contributed by atoms with van der Waals surface area (Å²) in [6.45, 7) is 5.65. The number of nitrogens with zero attached hydrogens (tertiary/aromatic N) is 1. The van der Waals surface area contributed by atoms with E-state index in [9.17, 15) is 0 Å². The lowest BCUT2D eigenvalue weighted by atomic mass is 10.2. The standard InChI is InChI=1S/C7H8BrNO/c1-5(4-8)7-3-6(2)10-9-7/h3H,1,4H2,2H3. The summed E-state index contributed by atoms with van der Waals surface area (Å²) in [4.78, 5) is 0. The molecule has 0 saturated heterocycles. The molecule has 0 atom stereocenters. The highest BCUT2D eigenvalue weighted by atomic mass is 79.9. The summed E-state index contributed by atoms with van der Waals surface area (Å²) < 4.78 is 4.86. The fraction of sp³-hybridized carbons (Fsp3) is 0.286. The Morgan fingerprint density at radius 2 is 2.60 bits per heavy atom. The zero-order chi connectivity index (χ0) is 7.56. The van der Waals surface area contributed by atoms with Crippen molar-refractivity contribution in [3.8, 4) is 0 Å². The van der Waals surface area contributed by atoms with Crippen molar-refractivity contribution >= 4 is 21.5 Å². The van der Waals surface area contributed by atoms with Crippen LogP contribution in [0.2, 0.25) is 0 Å². The zero-order valence-electron chi connectivity index (χ0n) is 5.72. The van der Waals surface area contributed by atoms with Gasteiger partial charge < -0.3 is 4.52 Å². The minimum Gasteiger partial charge on any atom is -0.361 e. The Hall–Kier alpha value is -0.570. The fourth-order valence-corrected chi connectivity index (χ4v) is 0.889. The van der Waals surface area contributed by atoms with Crippen LogP contribution in [0.15, 0.2) is 17.2 Å². The molecule has 0 N–H and O–H groups in total. The first-order valence-electron chi connectivity index (χ1n) is 2.91. The quantitative estimate of drug-likeness (QED) is 0.688. The molecule has 3 heteroatoms. The van der Waals surface area contributed by atoms with Crippen molar-refractivity contribution in [3.05, 3.63) is 24.1 Å². The van der Waals surface area contributed by atoms with E-state index in [1.54, 1.807) is 0 Å². The van der Waals surface area contributed by atoms with E-state index >= 15 is 0 Å². The third kappa shape index (κ3) is 1.48. The molecule has 1 rings (SSSR count). The van der Waals surface area contributed by atoms with Crippen molar-refractivity contribution in [2.24, 2.45) is 0 Å². The van der Waals surface area contributed by atoms with Gasteiger partial charge in [0.2, 0.25) is 0 Å². The maximum Gasteiger partial charge on any atom is 0.134 e. The Morgan fingerprint density at radius 1 is 1.90 bits per heavy atom. The Labute approximate surface area is 68.0 Å². The van der Waals surface area contributed by atoms with Gasteiger partial charge in [0.05, 0.1) is 0 Å². The SMILES string of the molecule is C=C(CBr)c1cc(C)on1. The third-order valence-corrected chi connectivity index (χ3v) is 1.83. The average Bonchev–Trinajstić information content (AvgIpc) is 2.34. The van der Waals surface area contributed by atoms with Gasteiger partial charge in [-0.3, -0.25) is 0 Å². The molecule has 0 aliphatic rings. The van der Waals surface area contributed by atoms with Crippen molar-refractivity contribution < 1.29 is 4.52 Å². The van der Waals surface area contributed by atoms with E-state index in [4.69, 9.17) is 4.52 Å². The summed E-state index contributed by atoms with van der Waals surface area (Å²) in [6.07, 6.45) is 0. The number of hydrogen-bond acceptors (Lipinski definition) is 2. The molecule has 54 valence electrons. The maximum atomic E-state index is 4.86. The molecule has 0 unspecified atom stereocenters. The van der Waals surface area contributed by atoms with E-state index in [1.807, 2.05) is 13.0 Å². The van der Waals surface area contributed by atoms with Crippen LogP contribution in [0.5, 0.6) is 0 Å². The summed E-state index contributed by atoms with van der Waals surface area (Å²) in [6, 6.07) is 1.86. The summed E-state index contributed by atoms with van der Waals surface area (Å²) >= 11 is 3.28. The van der Waals surface area contributed by atoms with Crippen LogP contribution in [-0.4, -0.2) is 10.5 Å². The van der Waals surface area contributed by atoms with Crippen LogP contribution in [0.3, 0.4) is 0 Å². The van der Waals surface area contributed by atoms with E-state index in [2.05, 4.69) is 27.7 Å². The minimum absolute atomic E-state index is 0.735. The van der Waals surface area contributed by atoms with Gasteiger partial charge in [-0.15, -0.1) is 0 Å². The van der Waals surface area contributed by atoms with Crippen molar-refractivity contribution in [2.45, 2.75) is 6.92 Å². The molecule has 2 nitrogen and oxygen atoms in total. The smallest absolute Gasteiger partial charge is 0.134 e. The highest BCUT2D eigenvalue weighted by Gasteiger charge is 2.01. The highest BCUT2D eigenvalue weighted by Crippen LogP contribution is 2.13. The van der Waals surface area contributed by atoms with Gasteiger partial charge in [-0.2, -0.15) is 0 Å². The number of halogens is 1. The second-order valence-electron chi connectivity index (χ2n) is 2.06. The highest BCUT2D eigenvalue weighted by molar-refractivity contribution is 9.09. The average molecular weight is 202 g/mol. The van der Waals surface area contributed by atoms with Gasteiger partial charge in [0.15, 0.2) is 0 Å². The predicted molar refractivity (Wildman–Crippen MR) is 44.1 cm³/mol. The van der Waals surface area contributed by atoms with Crippen LogP contribution >= 0.6 is 15.9 Å². The van der Waals surface area contributed by atoms with E-state index in [-0.39, 0.29) is 0 Å². The second kappa shape index (κ2) is 3.01. The Morgan fingerprint density at radius 3 is 3.00 bits per heavy atom. The van der Waals surface area contributed by atoms with Crippen LogP contribution in [0.1, 0.15) is 11.5 Å². The second-order valence-corrected chi connectivity index (χ2v) is 2.62. The third-order valence-electron chi connectivity index (χ3n) is 1.15. The molecule has 0 radical (unpaired) electrons. The van der Waals surface area contributed by atoms with Crippen LogP contribution in [-0.2, 0) is 0 Å². The first kappa shape index (κ1) is 7.54. The molecule has 1 heterocycles. The van der Waals surface area contributed by atoms with Gasteiger partial charge in [-0.1, -0.05) is 27.7 Å². The molecule has 0 fully saturated rings. The number of aromatic nitrogens is 1. The molecule has 0 amide bonds. The molecule has 1 aromatic rings. The van der Waals surface area contributed by atoms with Crippen LogP contribution in [0.4, 0.5) is 0 Å². The Bertz CT molecular complexity index is 242. The lowest BCUT2D eigenvalue weighted by Crippen LogP contribution is -1.80. The van der Waals surface area contributed by atoms with E-state index < -0.39 is 0 Å². The van der Waals surface area contributed by atoms with Crippen molar-refractivity contribution in [1.29, 1.82) is 0 Å². The number of alkyl halides is 1. The Kier molecular flexibility index (Phi) is 2.27. The van der Waals surface area contributed by atoms with E-state index in [0.717, 1.165) is 22.4 Å². The number of hydrogen-bond donors (Lipinski definition) is 0. The molecule has 0 aromatic carbocycles. The van der Waals surface area contributed by atoms with E-state index in [0.29, 0.717) is 0 Å². The van der Waals surface area contributed by atoms with Crippen molar-refractivity contribution in [1.82, 2.24) is 5.16 Å². The van der Waals surface area contributed by atoms with Gasteiger partial charge in [0.25, 0.3) is 0 Å². The topological polar surface area (TPSA) is 26.0 Å². The lowest BCUT2D eigenvalue weighted by molar-refractivity contribution is 0.396. The van der Waals surface area contributed by atoms with Gasteiger partial charge in [-0.05, 0) is 12.5 Å². The van der Waals surface area contributed by atoms with Crippen LogP contribution < -0.4 is 0 Å². The number of rotatable bonds is 2. The first-order valence-corrected chi connectivity index (χ1v) is 4.03. The minimum atomic E-state index is 0.735. The summed E-state index contributed by atoms with van der Waals surface area (Å²) in [5.74, 6) is 0.817. The molecular weight excluding hydrogens is 194 g/mol. The molecular formula is C7H8BrNO. The van der Waals surface area contributed by atoms with Gasteiger partial charge in [0, 0.05) is 11.4 Å². The summed E-state index contributed by atoms with van der Waals surface area (Å²) in [7, 11) is 0. The zero-order valence-corrected chi connectivity index (χ0v) is 7.31. The van der Waals surface area contributed by atoms with Gasteiger partial charge >= 0.3 is 0 Å². The molecule has 1 aromatic heterocycles. The molecule has 0 spiro atoms. The van der Waals surface area contributed by atoms with Crippen molar-refractivity contribution in [2.75, 3.05) is 5.33 Å². The maximum absolute atomic E-state index is 4.86. The first-order chi connectivity index (χ1) is 4.74. The summed E-state index contributed by atoms with van der Waals surface area (Å²) in [5.41, 5.74) is 1.77. The molecule has 10 heavy (non-hydrogen) atoms.